The van der Waals surface area contributed by atoms with Crippen LogP contribution in [0.2, 0.25) is 0 Å². The fraction of sp³-hybridized carbons (Fsp3) is 0.385. The predicted octanol–water partition coefficient (Wildman–Crippen LogP) is 2.66. The summed E-state index contributed by atoms with van der Waals surface area (Å²) in [6.45, 7) is 5.63. The summed E-state index contributed by atoms with van der Waals surface area (Å²) in [6.07, 6.45) is -0.489. The van der Waals surface area contributed by atoms with Gasteiger partial charge in [-0.15, -0.1) is 0 Å². The van der Waals surface area contributed by atoms with Gasteiger partial charge in [0.05, 0.1) is 17.9 Å². The zero-order valence-electron chi connectivity index (χ0n) is 10.6. The van der Waals surface area contributed by atoms with Crippen molar-refractivity contribution >= 4 is 17.7 Å². The number of amides is 1. The minimum Gasteiger partial charge on any atom is -0.462 e. The van der Waals surface area contributed by atoms with Crippen LogP contribution in [0, 0.1) is 0 Å². The van der Waals surface area contributed by atoms with Gasteiger partial charge in [-0.1, -0.05) is 0 Å². The molecule has 0 aromatic heterocycles. The van der Waals surface area contributed by atoms with Gasteiger partial charge in [-0.25, -0.2) is 9.59 Å². The molecule has 96 valence electrons. The van der Waals surface area contributed by atoms with E-state index in [0.717, 1.165) is 5.56 Å². The number of carbonyl (C=O) groups excluding carboxylic acids is 2. The Morgan fingerprint density at radius 3 is 2.83 bits per heavy atom. The summed E-state index contributed by atoms with van der Waals surface area (Å²) in [6, 6.07) is 5.00. The first-order chi connectivity index (χ1) is 8.44. The van der Waals surface area contributed by atoms with Crippen LogP contribution >= 0.6 is 0 Å². The average molecular weight is 249 g/mol. The molecule has 2 rings (SSSR count). The molecule has 0 fully saturated rings. The van der Waals surface area contributed by atoms with Gasteiger partial charge < -0.3 is 9.47 Å². The lowest BCUT2D eigenvalue weighted by molar-refractivity contribution is 0.0418. The van der Waals surface area contributed by atoms with Gasteiger partial charge in [-0.3, -0.25) is 5.32 Å². The standard InChI is InChI=1S/C13H15NO4/c1-4-17-11(15)8-5-6-10-9(7-8)13(2,3)18-12(16)14-10/h5-7H,4H2,1-3H3,(H,14,16). The lowest BCUT2D eigenvalue weighted by atomic mass is 9.93. The number of anilines is 1. The molecule has 1 N–H and O–H groups in total. The molecule has 5 heteroatoms. The predicted molar refractivity (Wildman–Crippen MR) is 65.5 cm³/mol. The number of carbonyl (C=O) groups is 2. The summed E-state index contributed by atoms with van der Waals surface area (Å²) in [5, 5.41) is 2.60. The SMILES string of the molecule is CCOC(=O)c1ccc2c(c1)C(C)(C)OC(=O)N2. The van der Waals surface area contributed by atoms with Gasteiger partial charge in [0.1, 0.15) is 5.60 Å². The van der Waals surface area contributed by atoms with Gasteiger partial charge in [0.2, 0.25) is 0 Å². The normalized spacial score (nSPS) is 16.3. The van der Waals surface area contributed by atoms with Gasteiger partial charge >= 0.3 is 12.1 Å². The highest BCUT2D eigenvalue weighted by molar-refractivity contribution is 5.93. The molecule has 1 aromatic carbocycles. The van der Waals surface area contributed by atoms with E-state index in [4.69, 9.17) is 9.47 Å². The molecule has 1 aromatic rings. The first-order valence-corrected chi connectivity index (χ1v) is 5.75. The van der Waals surface area contributed by atoms with E-state index in [0.29, 0.717) is 17.9 Å². The zero-order valence-corrected chi connectivity index (χ0v) is 10.6. The molecule has 0 unspecified atom stereocenters. The van der Waals surface area contributed by atoms with Gasteiger partial charge in [0.15, 0.2) is 0 Å². The van der Waals surface area contributed by atoms with Crippen molar-refractivity contribution in [2.24, 2.45) is 0 Å². The molecular formula is C13H15NO4. The molecule has 5 nitrogen and oxygen atoms in total. The van der Waals surface area contributed by atoms with Crippen molar-refractivity contribution in [2.75, 3.05) is 11.9 Å². The molecule has 18 heavy (non-hydrogen) atoms. The molecule has 0 saturated carbocycles. The average Bonchev–Trinajstić information content (AvgIpc) is 2.27. The lowest BCUT2D eigenvalue weighted by Gasteiger charge is -2.32. The molecule has 0 spiro atoms. The Morgan fingerprint density at radius 2 is 2.17 bits per heavy atom. The Hall–Kier alpha value is -2.04. The Bertz CT molecular complexity index is 508. The van der Waals surface area contributed by atoms with Crippen LogP contribution in [-0.4, -0.2) is 18.7 Å². The van der Waals surface area contributed by atoms with Crippen molar-refractivity contribution in [1.29, 1.82) is 0 Å². The van der Waals surface area contributed by atoms with Crippen LogP contribution in [0.15, 0.2) is 18.2 Å². The molecule has 0 saturated heterocycles. The quantitative estimate of drug-likeness (QED) is 0.818. The number of rotatable bonds is 2. The van der Waals surface area contributed by atoms with Crippen molar-refractivity contribution < 1.29 is 19.1 Å². The highest BCUT2D eigenvalue weighted by Gasteiger charge is 2.33. The Balaban J connectivity index is 2.42. The summed E-state index contributed by atoms with van der Waals surface area (Å²) in [5.41, 5.74) is 1.10. The second kappa shape index (κ2) is 4.33. The first kappa shape index (κ1) is 12.4. The number of ether oxygens (including phenoxy) is 2. The molecule has 0 bridgehead atoms. The number of fused-ring (bicyclic) bond motifs is 1. The summed E-state index contributed by atoms with van der Waals surface area (Å²) >= 11 is 0. The molecule has 0 atom stereocenters. The highest BCUT2D eigenvalue weighted by Crippen LogP contribution is 2.36. The maximum atomic E-state index is 11.7. The highest BCUT2D eigenvalue weighted by atomic mass is 16.6. The smallest absolute Gasteiger partial charge is 0.412 e. The molecule has 1 heterocycles. The van der Waals surface area contributed by atoms with Crippen LogP contribution < -0.4 is 5.32 Å². The number of esters is 1. The molecule has 1 aliphatic heterocycles. The topological polar surface area (TPSA) is 64.6 Å². The molecule has 1 amide bonds. The van der Waals surface area contributed by atoms with Gasteiger partial charge in [0.25, 0.3) is 0 Å². The van der Waals surface area contributed by atoms with Crippen LogP contribution in [0.4, 0.5) is 10.5 Å². The largest absolute Gasteiger partial charge is 0.462 e. The van der Waals surface area contributed by atoms with Crippen molar-refractivity contribution in [1.82, 2.24) is 0 Å². The molecule has 0 aliphatic carbocycles. The number of cyclic esters (lactones) is 1. The molecule has 0 radical (unpaired) electrons. The maximum Gasteiger partial charge on any atom is 0.412 e. The Labute approximate surface area is 105 Å². The minimum atomic E-state index is -0.764. The second-order valence-corrected chi connectivity index (χ2v) is 4.51. The number of nitrogens with one attached hydrogen (secondary N) is 1. The van der Waals surface area contributed by atoms with Crippen LogP contribution in [0.1, 0.15) is 36.7 Å². The summed E-state index contributed by atoms with van der Waals surface area (Å²) in [7, 11) is 0. The van der Waals surface area contributed by atoms with E-state index in [1.807, 2.05) is 0 Å². The number of hydrogen-bond acceptors (Lipinski definition) is 4. The summed E-state index contributed by atoms with van der Waals surface area (Å²) in [5.74, 6) is -0.381. The van der Waals surface area contributed by atoms with Gasteiger partial charge in [-0.2, -0.15) is 0 Å². The van der Waals surface area contributed by atoms with Crippen LogP contribution in [0.3, 0.4) is 0 Å². The Kier molecular flexibility index (Phi) is 2.98. The number of benzene rings is 1. The molecular weight excluding hydrogens is 234 g/mol. The summed E-state index contributed by atoms with van der Waals surface area (Å²) in [4.78, 5) is 23.0. The van der Waals surface area contributed by atoms with Crippen molar-refractivity contribution in [3.8, 4) is 0 Å². The van der Waals surface area contributed by atoms with E-state index in [-0.39, 0.29) is 5.97 Å². The third kappa shape index (κ3) is 2.16. The van der Waals surface area contributed by atoms with Gasteiger partial charge in [0, 0.05) is 5.56 Å². The fourth-order valence-electron chi connectivity index (χ4n) is 1.91. The van der Waals surface area contributed by atoms with Crippen LogP contribution in [0.25, 0.3) is 0 Å². The first-order valence-electron chi connectivity index (χ1n) is 5.75. The van der Waals surface area contributed by atoms with Gasteiger partial charge in [-0.05, 0) is 39.0 Å². The minimum absolute atomic E-state index is 0.326. The zero-order chi connectivity index (χ0) is 13.3. The third-order valence-electron chi connectivity index (χ3n) is 2.76. The van der Waals surface area contributed by atoms with Crippen LogP contribution in [-0.2, 0) is 15.1 Å². The number of hydrogen-bond donors (Lipinski definition) is 1. The van der Waals surface area contributed by atoms with Crippen molar-refractivity contribution in [2.45, 2.75) is 26.4 Å². The fourth-order valence-corrected chi connectivity index (χ4v) is 1.91. The van der Waals surface area contributed by atoms with E-state index >= 15 is 0 Å². The summed E-state index contributed by atoms with van der Waals surface area (Å²) < 4.78 is 10.1. The van der Waals surface area contributed by atoms with Crippen LogP contribution in [0.5, 0.6) is 0 Å². The third-order valence-corrected chi connectivity index (χ3v) is 2.76. The van der Waals surface area contributed by atoms with E-state index in [1.54, 1.807) is 39.0 Å². The monoisotopic (exact) mass is 249 g/mol. The van der Waals surface area contributed by atoms with E-state index in [2.05, 4.69) is 5.32 Å². The van der Waals surface area contributed by atoms with E-state index in [1.165, 1.54) is 0 Å². The van der Waals surface area contributed by atoms with Crippen molar-refractivity contribution in [3.63, 3.8) is 0 Å². The lowest BCUT2D eigenvalue weighted by Crippen LogP contribution is -2.34. The maximum absolute atomic E-state index is 11.7. The van der Waals surface area contributed by atoms with E-state index in [9.17, 15) is 9.59 Å². The Morgan fingerprint density at radius 1 is 1.44 bits per heavy atom. The second-order valence-electron chi connectivity index (χ2n) is 4.51. The molecule has 1 aliphatic rings. The van der Waals surface area contributed by atoms with Crippen molar-refractivity contribution in [3.05, 3.63) is 29.3 Å². The van der Waals surface area contributed by atoms with E-state index < -0.39 is 11.7 Å².